The fourth-order valence-electron chi connectivity index (χ4n) is 5.20. The standard InChI is InChI=1S/C31H36N4O/c1-24-9-7-13-29(21-24)34-20-19-33(23-25(34)2)18-8-10-27-22-31(26-14-16-30(36-3)17-15-26)35(32-27)28-11-5-4-6-12-28/h4-7,9,11-17,21-22,25H,8,10,18-20,23H2,1-3H3. The van der Waals surface area contributed by atoms with Gasteiger partial charge < -0.3 is 9.64 Å². The molecule has 1 aliphatic rings. The maximum atomic E-state index is 5.35. The Balaban J connectivity index is 1.24. The number of hydrogen-bond acceptors (Lipinski definition) is 4. The van der Waals surface area contributed by atoms with Crippen LogP contribution in [-0.2, 0) is 6.42 Å². The van der Waals surface area contributed by atoms with Crippen LogP contribution in [-0.4, -0.2) is 54.0 Å². The molecule has 0 bridgehead atoms. The lowest BCUT2D eigenvalue weighted by molar-refractivity contribution is 0.226. The van der Waals surface area contributed by atoms with Crippen molar-refractivity contribution < 1.29 is 4.74 Å². The molecular weight excluding hydrogens is 444 g/mol. The molecule has 0 aliphatic carbocycles. The van der Waals surface area contributed by atoms with Gasteiger partial charge in [-0.05, 0) is 93.4 Å². The molecule has 0 spiro atoms. The van der Waals surface area contributed by atoms with Crippen molar-refractivity contribution in [2.45, 2.75) is 32.7 Å². The average molecular weight is 481 g/mol. The number of benzene rings is 3. The Bertz CT molecular complexity index is 1270. The molecule has 1 atom stereocenters. The van der Waals surface area contributed by atoms with Crippen molar-refractivity contribution in [3.63, 3.8) is 0 Å². The number of piperazine rings is 1. The van der Waals surface area contributed by atoms with E-state index in [0.29, 0.717) is 6.04 Å². The van der Waals surface area contributed by atoms with Crippen molar-refractivity contribution in [1.29, 1.82) is 0 Å². The summed E-state index contributed by atoms with van der Waals surface area (Å²) in [6.07, 6.45) is 2.07. The molecule has 1 aromatic heterocycles. The third kappa shape index (κ3) is 5.47. The van der Waals surface area contributed by atoms with E-state index < -0.39 is 0 Å². The van der Waals surface area contributed by atoms with E-state index in [2.05, 4.69) is 95.1 Å². The molecule has 0 amide bonds. The lowest BCUT2D eigenvalue weighted by atomic mass is 10.1. The minimum absolute atomic E-state index is 0.513. The monoisotopic (exact) mass is 480 g/mol. The average Bonchev–Trinajstić information content (AvgIpc) is 3.33. The first-order valence-corrected chi connectivity index (χ1v) is 12.9. The molecule has 0 N–H and O–H groups in total. The van der Waals surface area contributed by atoms with Crippen molar-refractivity contribution >= 4 is 5.69 Å². The zero-order valence-corrected chi connectivity index (χ0v) is 21.6. The second kappa shape index (κ2) is 11.0. The van der Waals surface area contributed by atoms with Gasteiger partial charge in [0.15, 0.2) is 0 Å². The van der Waals surface area contributed by atoms with Crippen LogP contribution in [0.4, 0.5) is 5.69 Å². The van der Waals surface area contributed by atoms with E-state index >= 15 is 0 Å². The number of aryl methyl sites for hydroxylation is 2. The van der Waals surface area contributed by atoms with Crippen LogP contribution >= 0.6 is 0 Å². The number of anilines is 1. The Kier molecular flexibility index (Phi) is 7.38. The quantitative estimate of drug-likeness (QED) is 0.310. The minimum Gasteiger partial charge on any atom is -0.497 e. The van der Waals surface area contributed by atoms with Crippen LogP contribution in [0.5, 0.6) is 5.75 Å². The second-order valence-corrected chi connectivity index (χ2v) is 9.78. The van der Waals surface area contributed by atoms with Crippen LogP contribution in [0.1, 0.15) is 24.6 Å². The van der Waals surface area contributed by atoms with Crippen molar-refractivity contribution in [2.24, 2.45) is 0 Å². The molecule has 186 valence electrons. The first-order chi connectivity index (χ1) is 17.6. The highest BCUT2D eigenvalue weighted by atomic mass is 16.5. The van der Waals surface area contributed by atoms with Gasteiger partial charge in [0.05, 0.1) is 24.2 Å². The summed E-state index contributed by atoms with van der Waals surface area (Å²) >= 11 is 0. The van der Waals surface area contributed by atoms with Gasteiger partial charge in [-0.2, -0.15) is 5.10 Å². The van der Waals surface area contributed by atoms with Gasteiger partial charge >= 0.3 is 0 Å². The van der Waals surface area contributed by atoms with E-state index in [1.165, 1.54) is 11.3 Å². The Labute approximate surface area is 214 Å². The first-order valence-electron chi connectivity index (χ1n) is 12.9. The summed E-state index contributed by atoms with van der Waals surface area (Å²) in [6, 6.07) is 30.2. The predicted octanol–water partition coefficient (Wildman–Crippen LogP) is 6.00. The van der Waals surface area contributed by atoms with E-state index in [0.717, 1.165) is 67.4 Å². The van der Waals surface area contributed by atoms with E-state index in [4.69, 9.17) is 9.84 Å². The van der Waals surface area contributed by atoms with Gasteiger partial charge in [-0.15, -0.1) is 0 Å². The van der Waals surface area contributed by atoms with E-state index in [-0.39, 0.29) is 0 Å². The molecule has 1 fully saturated rings. The molecule has 5 rings (SSSR count). The molecule has 1 unspecified atom stereocenters. The van der Waals surface area contributed by atoms with Gasteiger partial charge in [0.2, 0.25) is 0 Å². The molecule has 2 heterocycles. The van der Waals surface area contributed by atoms with Gasteiger partial charge in [-0.1, -0.05) is 30.3 Å². The summed E-state index contributed by atoms with van der Waals surface area (Å²) < 4.78 is 7.42. The van der Waals surface area contributed by atoms with E-state index in [9.17, 15) is 0 Å². The normalized spacial score (nSPS) is 16.3. The summed E-state index contributed by atoms with van der Waals surface area (Å²) in [5, 5.41) is 5.02. The molecule has 1 aliphatic heterocycles. The van der Waals surface area contributed by atoms with E-state index in [1.807, 2.05) is 18.2 Å². The summed E-state index contributed by atoms with van der Waals surface area (Å²) in [4.78, 5) is 5.15. The summed E-state index contributed by atoms with van der Waals surface area (Å²) in [7, 11) is 1.70. The lowest BCUT2D eigenvalue weighted by Gasteiger charge is -2.41. The summed E-state index contributed by atoms with van der Waals surface area (Å²) in [6.45, 7) is 8.90. The molecule has 0 saturated carbocycles. The molecule has 3 aromatic carbocycles. The Morgan fingerprint density at radius 1 is 0.889 bits per heavy atom. The van der Waals surface area contributed by atoms with Crippen LogP contribution in [0.2, 0.25) is 0 Å². The fraction of sp³-hybridized carbons (Fsp3) is 0.323. The highest BCUT2D eigenvalue weighted by Gasteiger charge is 2.23. The topological polar surface area (TPSA) is 33.5 Å². The number of para-hydroxylation sites is 1. The predicted molar refractivity (Wildman–Crippen MR) is 148 cm³/mol. The van der Waals surface area contributed by atoms with Gasteiger partial charge in [-0.3, -0.25) is 4.90 Å². The van der Waals surface area contributed by atoms with Gasteiger partial charge in [0, 0.05) is 36.9 Å². The number of ether oxygens (including phenoxy) is 1. The van der Waals surface area contributed by atoms with Crippen molar-refractivity contribution in [1.82, 2.24) is 14.7 Å². The van der Waals surface area contributed by atoms with Gasteiger partial charge in [0.1, 0.15) is 5.75 Å². The fourth-order valence-corrected chi connectivity index (χ4v) is 5.20. The molecule has 1 saturated heterocycles. The van der Waals surface area contributed by atoms with Crippen LogP contribution in [0, 0.1) is 6.92 Å². The lowest BCUT2D eigenvalue weighted by Crippen LogP contribution is -2.52. The smallest absolute Gasteiger partial charge is 0.118 e. The minimum atomic E-state index is 0.513. The highest BCUT2D eigenvalue weighted by molar-refractivity contribution is 5.63. The highest BCUT2D eigenvalue weighted by Crippen LogP contribution is 2.27. The van der Waals surface area contributed by atoms with Crippen LogP contribution < -0.4 is 9.64 Å². The number of nitrogens with zero attached hydrogens (tertiary/aromatic N) is 4. The van der Waals surface area contributed by atoms with Crippen molar-refractivity contribution in [3.8, 4) is 22.7 Å². The summed E-state index contributed by atoms with van der Waals surface area (Å²) in [5.41, 5.74) is 7.14. The molecule has 5 heteroatoms. The molecule has 0 radical (unpaired) electrons. The third-order valence-corrected chi connectivity index (χ3v) is 7.10. The number of hydrogen-bond donors (Lipinski definition) is 0. The van der Waals surface area contributed by atoms with Crippen LogP contribution in [0.15, 0.2) is 84.9 Å². The SMILES string of the molecule is COc1ccc(-c2cc(CCCN3CCN(c4cccc(C)c4)C(C)C3)nn2-c2ccccc2)cc1. The second-order valence-electron chi connectivity index (χ2n) is 9.78. The van der Waals surface area contributed by atoms with Crippen molar-refractivity contribution in [2.75, 3.05) is 38.2 Å². The number of rotatable bonds is 8. The summed E-state index contributed by atoms with van der Waals surface area (Å²) in [5.74, 6) is 0.862. The Morgan fingerprint density at radius 2 is 1.67 bits per heavy atom. The van der Waals surface area contributed by atoms with Crippen LogP contribution in [0.3, 0.4) is 0 Å². The largest absolute Gasteiger partial charge is 0.497 e. The third-order valence-electron chi connectivity index (χ3n) is 7.10. The Hall–Kier alpha value is -3.57. The van der Waals surface area contributed by atoms with Crippen molar-refractivity contribution in [3.05, 3.63) is 96.2 Å². The van der Waals surface area contributed by atoms with Gasteiger partial charge in [-0.25, -0.2) is 4.68 Å². The zero-order chi connectivity index (χ0) is 24.9. The van der Waals surface area contributed by atoms with E-state index in [1.54, 1.807) is 7.11 Å². The number of methoxy groups -OCH3 is 1. The molecule has 36 heavy (non-hydrogen) atoms. The maximum Gasteiger partial charge on any atom is 0.118 e. The molecule has 5 nitrogen and oxygen atoms in total. The van der Waals surface area contributed by atoms with Gasteiger partial charge in [0.25, 0.3) is 0 Å². The Morgan fingerprint density at radius 3 is 2.39 bits per heavy atom. The van der Waals surface area contributed by atoms with Crippen LogP contribution in [0.25, 0.3) is 16.9 Å². The maximum absolute atomic E-state index is 5.35. The molecular formula is C31H36N4O. The zero-order valence-electron chi connectivity index (χ0n) is 21.6. The molecule has 4 aromatic rings. The number of aromatic nitrogens is 2. The first kappa shape index (κ1) is 24.1.